The summed E-state index contributed by atoms with van der Waals surface area (Å²) in [6, 6.07) is 7.67. The Morgan fingerprint density at radius 3 is 2.57 bits per heavy atom. The average Bonchev–Trinajstić information content (AvgIpc) is 2.67. The Hall–Kier alpha value is -2.88. The van der Waals surface area contributed by atoms with Crippen molar-refractivity contribution in [2.45, 2.75) is 44.2 Å². The molecule has 0 unspecified atom stereocenters. The number of aromatic nitrogens is 3. The number of carbonyl (C=O) groups is 2. The van der Waals surface area contributed by atoms with Gasteiger partial charge in [-0.25, -0.2) is 0 Å². The quantitative estimate of drug-likeness (QED) is 0.398. The number of hydrogen-bond donors (Lipinski definition) is 3. The van der Waals surface area contributed by atoms with Gasteiger partial charge in [-0.05, 0) is 30.5 Å². The number of unbranched alkanes of at least 4 members (excludes halogenated alkanes) is 1. The standard InChI is InChI=1S/C18H23N5O4S/c1-2-3-4-12-5-7-13(8-6-12)20-15(24)11-28-18-22-21-14(9-10-16(25)26)17(27)23(18)19/h5-8H,2-4,9-11,19H2,1H3,(H,20,24)(H,25,26). The lowest BCUT2D eigenvalue weighted by atomic mass is 10.1. The molecule has 0 radical (unpaired) electrons. The maximum atomic E-state index is 12.1. The number of aryl methyl sites for hydroxylation is 2. The molecule has 1 amide bonds. The van der Waals surface area contributed by atoms with E-state index >= 15 is 0 Å². The number of hydrogen-bond acceptors (Lipinski definition) is 7. The molecule has 2 aromatic rings. The van der Waals surface area contributed by atoms with Gasteiger partial charge in [0.05, 0.1) is 12.2 Å². The molecular weight excluding hydrogens is 382 g/mol. The number of thioether (sulfide) groups is 1. The van der Waals surface area contributed by atoms with Crippen LogP contribution in [0, 0.1) is 0 Å². The van der Waals surface area contributed by atoms with Crippen LogP contribution < -0.4 is 16.7 Å². The van der Waals surface area contributed by atoms with Gasteiger partial charge in [-0.2, -0.15) is 4.68 Å². The number of carbonyl (C=O) groups excluding carboxylic acids is 1. The van der Waals surface area contributed by atoms with Gasteiger partial charge in [-0.15, -0.1) is 10.2 Å². The molecule has 1 aromatic heterocycles. The number of benzene rings is 1. The van der Waals surface area contributed by atoms with Crippen LogP contribution in [0.2, 0.25) is 0 Å². The highest BCUT2D eigenvalue weighted by Crippen LogP contribution is 2.15. The second kappa shape index (κ2) is 10.5. The lowest BCUT2D eigenvalue weighted by Gasteiger charge is -2.08. The molecule has 0 atom stereocenters. The van der Waals surface area contributed by atoms with Gasteiger partial charge in [0.15, 0.2) is 0 Å². The minimum Gasteiger partial charge on any atom is -0.481 e. The molecule has 9 nitrogen and oxygen atoms in total. The van der Waals surface area contributed by atoms with Crippen LogP contribution >= 0.6 is 11.8 Å². The number of nitrogens with zero attached hydrogens (tertiary/aromatic N) is 3. The van der Waals surface area contributed by atoms with Gasteiger partial charge in [-0.1, -0.05) is 37.2 Å². The number of nitrogens with one attached hydrogen (secondary N) is 1. The van der Waals surface area contributed by atoms with Gasteiger partial charge in [0.2, 0.25) is 11.1 Å². The summed E-state index contributed by atoms with van der Waals surface area (Å²) in [7, 11) is 0. The zero-order valence-electron chi connectivity index (χ0n) is 15.6. The first-order valence-corrected chi connectivity index (χ1v) is 9.86. The van der Waals surface area contributed by atoms with Gasteiger partial charge < -0.3 is 16.3 Å². The Kier molecular flexibility index (Phi) is 8.00. The van der Waals surface area contributed by atoms with Crippen molar-refractivity contribution in [1.29, 1.82) is 0 Å². The summed E-state index contributed by atoms with van der Waals surface area (Å²) >= 11 is 0.972. The highest BCUT2D eigenvalue weighted by molar-refractivity contribution is 7.99. The van der Waals surface area contributed by atoms with E-state index in [-0.39, 0.29) is 35.4 Å². The van der Waals surface area contributed by atoms with Crippen LogP contribution in [-0.2, 0) is 22.4 Å². The summed E-state index contributed by atoms with van der Waals surface area (Å²) in [6.07, 6.45) is 2.97. The third kappa shape index (κ3) is 6.38. The van der Waals surface area contributed by atoms with Crippen molar-refractivity contribution < 1.29 is 14.7 Å². The average molecular weight is 405 g/mol. The van der Waals surface area contributed by atoms with Crippen LogP contribution in [-0.4, -0.2) is 37.6 Å². The molecule has 0 fully saturated rings. The summed E-state index contributed by atoms with van der Waals surface area (Å²) in [5.74, 6) is 4.37. The van der Waals surface area contributed by atoms with Crippen molar-refractivity contribution >= 4 is 29.3 Å². The van der Waals surface area contributed by atoms with Gasteiger partial charge >= 0.3 is 5.97 Å². The van der Waals surface area contributed by atoms with Crippen molar-refractivity contribution in [1.82, 2.24) is 14.9 Å². The molecule has 10 heteroatoms. The number of rotatable bonds is 10. The number of aliphatic carboxylic acids is 1. The predicted octanol–water partition coefficient (Wildman–Crippen LogP) is 1.44. The minimum atomic E-state index is -1.04. The topological polar surface area (TPSA) is 140 Å². The molecule has 0 saturated carbocycles. The van der Waals surface area contributed by atoms with Crippen molar-refractivity contribution in [2.75, 3.05) is 16.9 Å². The number of carboxylic acid groups (broad SMARTS) is 1. The van der Waals surface area contributed by atoms with Gasteiger partial charge in [0, 0.05) is 12.1 Å². The lowest BCUT2D eigenvalue weighted by molar-refractivity contribution is -0.137. The first-order chi connectivity index (χ1) is 13.4. The Morgan fingerprint density at radius 1 is 1.21 bits per heavy atom. The first kappa shape index (κ1) is 21.4. The van der Waals surface area contributed by atoms with E-state index in [0.717, 1.165) is 35.7 Å². The number of carboxylic acids is 1. The molecule has 1 aromatic carbocycles. The van der Waals surface area contributed by atoms with Gasteiger partial charge in [0.25, 0.3) is 5.56 Å². The van der Waals surface area contributed by atoms with E-state index in [2.05, 4.69) is 22.4 Å². The molecular formula is C18H23N5O4S. The minimum absolute atomic E-state index is 0.00260. The second-order valence-corrected chi connectivity index (χ2v) is 7.08. The molecule has 0 aliphatic rings. The molecule has 28 heavy (non-hydrogen) atoms. The summed E-state index contributed by atoms with van der Waals surface area (Å²) in [5.41, 5.74) is 1.26. The number of nitrogen functional groups attached to an aromatic ring is 1. The van der Waals surface area contributed by atoms with E-state index in [0.29, 0.717) is 5.69 Å². The molecule has 0 aliphatic heterocycles. The van der Waals surface area contributed by atoms with E-state index in [1.807, 2.05) is 24.3 Å². The van der Waals surface area contributed by atoms with Crippen LogP contribution in [0.1, 0.15) is 37.4 Å². The molecule has 0 aliphatic carbocycles. The SMILES string of the molecule is CCCCc1ccc(NC(=O)CSc2nnc(CCC(=O)O)c(=O)n2N)cc1. The lowest BCUT2D eigenvalue weighted by Crippen LogP contribution is -2.34. The van der Waals surface area contributed by atoms with Crippen LogP contribution in [0.15, 0.2) is 34.2 Å². The van der Waals surface area contributed by atoms with Crippen molar-refractivity contribution in [3.8, 4) is 0 Å². The molecule has 2 rings (SSSR count). The zero-order chi connectivity index (χ0) is 20.5. The third-order valence-electron chi connectivity index (χ3n) is 3.89. The normalized spacial score (nSPS) is 10.6. The second-order valence-electron chi connectivity index (χ2n) is 6.14. The maximum absolute atomic E-state index is 12.1. The van der Waals surface area contributed by atoms with E-state index in [9.17, 15) is 14.4 Å². The monoisotopic (exact) mass is 405 g/mol. The Morgan fingerprint density at radius 2 is 1.93 bits per heavy atom. The van der Waals surface area contributed by atoms with Gasteiger partial charge in [0.1, 0.15) is 5.69 Å². The van der Waals surface area contributed by atoms with E-state index in [1.54, 1.807) is 0 Å². The van der Waals surface area contributed by atoms with Gasteiger partial charge in [-0.3, -0.25) is 14.4 Å². The molecule has 150 valence electrons. The summed E-state index contributed by atoms with van der Waals surface area (Å²) < 4.78 is 0.782. The van der Waals surface area contributed by atoms with Crippen molar-refractivity contribution in [3.05, 3.63) is 45.9 Å². The van der Waals surface area contributed by atoms with Crippen LogP contribution in [0.25, 0.3) is 0 Å². The predicted molar refractivity (Wildman–Crippen MR) is 107 cm³/mol. The largest absolute Gasteiger partial charge is 0.481 e. The number of anilines is 1. The number of nitrogens with two attached hydrogens (primary N) is 1. The van der Waals surface area contributed by atoms with Crippen molar-refractivity contribution in [3.63, 3.8) is 0 Å². The first-order valence-electron chi connectivity index (χ1n) is 8.87. The number of amides is 1. The summed E-state index contributed by atoms with van der Waals surface area (Å²) in [4.78, 5) is 34.8. The molecule has 1 heterocycles. The van der Waals surface area contributed by atoms with E-state index < -0.39 is 11.5 Å². The maximum Gasteiger partial charge on any atom is 0.303 e. The Bertz CT molecular complexity index is 883. The smallest absolute Gasteiger partial charge is 0.303 e. The van der Waals surface area contributed by atoms with Crippen LogP contribution in [0.5, 0.6) is 0 Å². The van der Waals surface area contributed by atoms with Crippen molar-refractivity contribution in [2.24, 2.45) is 0 Å². The van der Waals surface area contributed by atoms with E-state index in [4.69, 9.17) is 10.9 Å². The summed E-state index contributed by atoms with van der Waals surface area (Å²) in [6.45, 7) is 2.14. The van der Waals surface area contributed by atoms with Crippen LogP contribution in [0.3, 0.4) is 0 Å². The fraction of sp³-hybridized carbons (Fsp3) is 0.389. The summed E-state index contributed by atoms with van der Waals surface area (Å²) in [5, 5.41) is 19.1. The van der Waals surface area contributed by atoms with E-state index in [1.165, 1.54) is 5.56 Å². The molecule has 0 bridgehead atoms. The molecule has 0 saturated heterocycles. The highest BCUT2D eigenvalue weighted by Gasteiger charge is 2.13. The Labute approximate surface area is 166 Å². The fourth-order valence-electron chi connectivity index (χ4n) is 2.36. The third-order valence-corrected chi connectivity index (χ3v) is 4.84. The Balaban J connectivity index is 1.91. The van der Waals surface area contributed by atoms with Crippen LogP contribution in [0.4, 0.5) is 5.69 Å². The highest BCUT2D eigenvalue weighted by atomic mass is 32.2. The molecule has 0 spiro atoms. The fourth-order valence-corrected chi connectivity index (χ4v) is 3.02. The molecule has 4 N–H and O–H groups in total. The zero-order valence-corrected chi connectivity index (χ0v) is 16.4.